The molecule has 14 heavy (non-hydrogen) atoms. The van der Waals surface area contributed by atoms with Gasteiger partial charge in [0.25, 0.3) is 5.56 Å². The van der Waals surface area contributed by atoms with E-state index in [1.54, 1.807) is 6.92 Å². The molecule has 0 saturated heterocycles. The van der Waals surface area contributed by atoms with Crippen LogP contribution in [0.3, 0.4) is 0 Å². The highest BCUT2D eigenvalue weighted by Crippen LogP contribution is 2.03. The van der Waals surface area contributed by atoms with E-state index in [2.05, 4.69) is 5.16 Å². The van der Waals surface area contributed by atoms with Crippen LogP contribution in [-0.4, -0.2) is 27.8 Å². The van der Waals surface area contributed by atoms with Crippen molar-refractivity contribution in [3.05, 3.63) is 21.7 Å². The summed E-state index contributed by atoms with van der Waals surface area (Å²) in [6.45, 7) is 1.55. The zero-order chi connectivity index (χ0) is 10.0. The van der Waals surface area contributed by atoms with Crippen LogP contribution in [0.2, 0.25) is 0 Å². The number of carboxylic acid groups (broad SMARTS) is 1. The maximum Gasteiger partial charge on any atom is 0.320 e. The van der Waals surface area contributed by atoms with Crippen molar-refractivity contribution in [2.24, 2.45) is 5.73 Å². The Labute approximate surface area is 78.8 Å². The summed E-state index contributed by atoms with van der Waals surface area (Å²) in [6.07, 6.45) is 0.0138. The third-order valence-corrected chi connectivity index (χ3v) is 1.75. The van der Waals surface area contributed by atoms with E-state index >= 15 is 0 Å². The van der Waals surface area contributed by atoms with Crippen LogP contribution in [0.1, 0.15) is 11.3 Å². The molecule has 0 amide bonds. The van der Waals surface area contributed by atoms with Crippen molar-refractivity contribution in [3.8, 4) is 0 Å². The van der Waals surface area contributed by atoms with Crippen molar-refractivity contribution < 1.29 is 19.9 Å². The Morgan fingerprint density at radius 2 is 2.29 bits per heavy atom. The molecule has 0 aliphatic carbocycles. The molecule has 0 unspecified atom stereocenters. The van der Waals surface area contributed by atoms with Crippen molar-refractivity contribution in [2.45, 2.75) is 19.4 Å². The number of aromatic nitrogens is 1. The minimum atomic E-state index is -1.12. The van der Waals surface area contributed by atoms with Gasteiger partial charge < -0.3 is 20.8 Å². The minimum absolute atomic E-state index is 0. The van der Waals surface area contributed by atoms with Gasteiger partial charge in [-0.25, -0.2) is 0 Å². The fraction of sp³-hybridized carbons (Fsp3) is 0.429. The van der Waals surface area contributed by atoms with Crippen LogP contribution < -0.4 is 11.3 Å². The van der Waals surface area contributed by atoms with Crippen molar-refractivity contribution in [3.63, 3.8) is 0 Å². The number of carbonyl (C=O) groups is 1. The first kappa shape index (κ1) is 12.4. The first-order chi connectivity index (χ1) is 6.02. The Morgan fingerprint density at radius 1 is 1.71 bits per heavy atom. The molecule has 1 heterocycles. The second-order valence-electron chi connectivity index (χ2n) is 2.73. The zero-order valence-electron chi connectivity index (χ0n) is 7.53. The van der Waals surface area contributed by atoms with Gasteiger partial charge in [-0.2, -0.15) is 5.16 Å². The maximum absolute atomic E-state index is 10.9. The molecule has 0 aromatic carbocycles. The van der Waals surface area contributed by atoms with Crippen LogP contribution in [-0.2, 0) is 11.2 Å². The monoisotopic (exact) mass is 204 g/mol. The average Bonchev–Trinajstić information content (AvgIpc) is 2.36. The molecule has 7 heteroatoms. The summed E-state index contributed by atoms with van der Waals surface area (Å²) in [5.74, 6) is -0.830. The highest BCUT2D eigenvalue weighted by Gasteiger charge is 2.17. The predicted octanol–water partition coefficient (Wildman–Crippen LogP) is -1.59. The molecule has 1 atom stereocenters. The van der Waals surface area contributed by atoms with Crippen LogP contribution in [0.5, 0.6) is 0 Å². The largest absolute Gasteiger partial charge is 0.480 e. The molecular formula is C7H12N2O5. The third kappa shape index (κ3) is 2.44. The van der Waals surface area contributed by atoms with Gasteiger partial charge in [-0.3, -0.25) is 9.59 Å². The van der Waals surface area contributed by atoms with E-state index in [0.29, 0.717) is 11.3 Å². The number of carboxylic acids is 1. The molecule has 0 bridgehead atoms. The lowest BCUT2D eigenvalue weighted by Crippen LogP contribution is -2.32. The number of nitrogens with two attached hydrogens (primary N) is 1. The van der Waals surface area contributed by atoms with Gasteiger partial charge in [-0.1, -0.05) is 0 Å². The molecule has 0 aliphatic rings. The van der Waals surface area contributed by atoms with E-state index in [1.807, 2.05) is 0 Å². The molecule has 0 spiro atoms. The van der Waals surface area contributed by atoms with E-state index in [1.165, 1.54) is 0 Å². The Balaban J connectivity index is 0.00000169. The zero-order valence-corrected chi connectivity index (χ0v) is 7.53. The summed E-state index contributed by atoms with van der Waals surface area (Å²) in [4.78, 5) is 21.2. The SMILES string of the molecule is Cc1c(C[C@@H](N)C(=O)O)o[nH]c1=O.O. The summed E-state index contributed by atoms with van der Waals surface area (Å²) < 4.78 is 4.74. The standard InChI is InChI=1S/C7H10N2O4.H2O/c1-3-5(13-9-6(3)10)2-4(8)7(11)12;/h4H,2,8H2,1H3,(H,9,10)(H,11,12);1H2/t4-;/m1./s1. The lowest BCUT2D eigenvalue weighted by atomic mass is 10.1. The lowest BCUT2D eigenvalue weighted by Gasteiger charge is -2.02. The average molecular weight is 204 g/mol. The summed E-state index contributed by atoms with van der Waals surface area (Å²) in [5.41, 5.74) is 5.27. The van der Waals surface area contributed by atoms with Crippen LogP contribution in [0.15, 0.2) is 9.32 Å². The van der Waals surface area contributed by atoms with Gasteiger partial charge in [-0.15, -0.1) is 0 Å². The van der Waals surface area contributed by atoms with Gasteiger partial charge in [-0.05, 0) is 6.92 Å². The molecule has 7 nitrogen and oxygen atoms in total. The third-order valence-electron chi connectivity index (χ3n) is 1.75. The molecule has 1 rings (SSSR count). The number of rotatable bonds is 3. The number of hydrogen-bond acceptors (Lipinski definition) is 4. The Kier molecular flexibility index (Phi) is 4.06. The molecule has 1 aromatic rings. The fourth-order valence-corrected chi connectivity index (χ4v) is 0.869. The van der Waals surface area contributed by atoms with Crippen molar-refractivity contribution in [1.82, 2.24) is 5.16 Å². The van der Waals surface area contributed by atoms with Gasteiger partial charge in [0.15, 0.2) is 0 Å². The molecule has 0 aliphatic heterocycles. The Bertz CT molecular complexity index is 366. The fourth-order valence-electron chi connectivity index (χ4n) is 0.869. The number of aromatic amines is 1. The smallest absolute Gasteiger partial charge is 0.320 e. The molecule has 0 radical (unpaired) electrons. The highest BCUT2D eigenvalue weighted by atomic mass is 16.5. The van der Waals surface area contributed by atoms with Crippen LogP contribution >= 0.6 is 0 Å². The summed E-state index contributed by atoms with van der Waals surface area (Å²) in [7, 11) is 0. The van der Waals surface area contributed by atoms with Crippen LogP contribution in [0, 0.1) is 6.92 Å². The number of H-pyrrole nitrogens is 1. The molecule has 6 N–H and O–H groups in total. The lowest BCUT2D eigenvalue weighted by molar-refractivity contribution is -0.138. The molecule has 1 aromatic heterocycles. The second-order valence-corrected chi connectivity index (χ2v) is 2.73. The second kappa shape index (κ2) is 4.58. The van der Waals surface area contributed by atoms with Gasteiger partial charge in [0.1, 0.15) is 11.8 Å². The quantitative estimate of drug-likeness (QED) is 0.544. The molecule has 0 saturated carbocycles. The van der Waals surface area contributed by atoms with E-state index in [4.69, 9.17) is 15.4 Å². The van der Waals surface area contributed by atoms with E-state index in [0.717, 1.165) is 0 Å². The van der Waals surface area contributed by atoms with Gasteiger partial charge in [0.05, 0.1) is 5.56 Å². The van der Waals surface area contributed by atoms with Crippen LogP contribution in [0.4, 0.5) is 0 Å². The number of hydrogen-bond donors (Lipinski definition) is 3. The number of nitrogens with one attached hydrogen (secondary N) is 1. The maximum atomic E-state index is 10.9. The normalized spacial score (nSPS) is 11.9. The summed E-state index contributed by atoms with van der Waals surface area (Å²) >= 11 is 0. The number of aliphatic carboxylic acids is 1. The Morgan fingerprint density at radius 3 is 2.64 bits per heavy atom. The predicted molar refractivity (Wildman–Crippen MR) is 47.0 cm³/mol. The highest BCUT2D eigenvalue weighted by molar-refractivity contribution is 5.73. The first-order valence-corrected chi connectivity index (χ1v) is 3.67. The first-order valence-electron chi connectivity index (χ1n) is 3.67. The molecule has 0 fully saturated rings. The van der Waals surface area contributed by atoms with Gasteiger partial charge in [0, 0.05) is 6.42 Å². The van der Waals surface area contributed by atoms with E-state index in [-0.39, 0.29) is 17.5 Å². The van der Waals surface area contributed by atoms with Gasteiger partial charge in [0.2, 0.25) is 0 Å². The van der Waals surface area contributed by atoms with Crippen molar-refractivity contribution in [1.29, 1.82) is 0 Å². The molecular weight excluding hydrogens is 192 g/mol. The summed E-state index contributed by atoms with van der Waals surface area (Å²) in [5, 5.41) is 10.6. The van der Waals surface area contributed by atoms with Crippen molar-refractivity contribution >= 4 is 5.97 Å². The summed E-state index contributed by atoms with van der Waals surface area (Å²) in [6, 6.07) is -1.04. The van der Waals surface area contributed by atoms with E-state index < -0.39 is 12.0 Å². The van der Waals surface area contributed by atoms with Crippen molar-refractivity contribution in [2.75, 3.05) is 0 Å². The topological polar surface area (TPSA) is 141 Å². The minimum Gasteiger partial charge on any atom is -0.480 e. The van der Waals surface area contributed by atoms with E-state index in [9.17, 15) is 9.59 Å². The molecule has 80 valence electrons. The Hall–Kier alpha value is -1.60. The van der Waals surface area contributed by atoms with Gasteiger partial charge >= 0.3 is 5.97 Å². The van der Waals surface area contributed by atoms with Crippen LogP contribution in [0.25, 0.3) is 0 Å².